The highest BCUT2D eigenvalue weighted by Crippen LogP contribution is 2.28. The first-order valence-electron chi connectivity index (χ1n) is 10.1. The lowest BCUT2D eigenvalue weighted by Gasteiger charge is -2.35. The van der Waals surface area contributed by atoms with Crippen LogP contribution in [0.15, 0.2) is 6.20 Å². The molecule has 1 aromatic heterocycles. The van der Waals surface area contributed by atoms with Crippen molar-refractivity contribution in [1.82, 2.24) is 19.8 Å². The van der Waals surface area contributed by atoms with Crippen molar-refractivity contribution in [1.29, 1.82) is 0 Å². The van der Waals surface area contributed by atoms with E-state index in [2.05, 4.69) is 4.98 Å². The van der Waals surface area contributed by atoms with Crippen LogP contribution in [0.5, 0.6) is 0 Å². The Hall–Kier alpha value is -2.02. The molecule has 0 saturated carbocycles. The smallest absolute Gasteiger partial charge is 0.251 e. The van der Waals surface area contributed by atoms with Crippen LogP contribution in [0.4, 0.5) is 0 Å². The molecular weight excluding hydrogens is 344 g/mol. The second-order valence-corrected chi connectivity index (χ2v) is 7.87. The van der Waals surface area contributed by atoms with Crippen LogP contribution in [-0.2, 0) is 27.3 Å². The Morgan fingerprint density at radius 3 is 2.81 bits per heavy atom. The predicted octanol–water partition coefficient (Wildman–Crippen LogP) is 1.66. The van der Waals surface area contributed by atoms with E-state index < -0.39 is 0 Å². The summed E-state index contributed by atoms with van der Waals surface area (Å²) in [4.78, 5) is 37.6. The number of carbonyl (C=O) groups excluding carboxylic acids is 2. The number of hydrogen-bond donors (Lipinski definition) is 0. The molecule has 3 aliphatic rings. The number of piperidine rings is 1. The summed E-state index contributed by atoms with van der Waals surface area (Å²) < 4.78 is 5.68. The second-order valence-electron chi connectivity index (χ2n) is 7.87. The Kier molecular flexibility index (Phi) is 5.38. The number of aromatic nitrogens is 2. The lowest BCUT2D eigenvalue weighted by molar-refractivity contribution is -0.147. The molecule has 3 aliphatic heterocycles. The summed E-state index contributed by atoms with van der Waals surface area (Å²) in [5.74, 6) is 1.25. The van der Waals surface area contributed by atoms with Crippen molar-refractivity contribution in [2.75, 3.05) is 26.2 Å². The number of rotatable bonds is 2. The van der Waals surface area contributed by atoms with E-state index in [1.54, 1.807) is 6.92 Å². The van der Waals surface area contributed by atoms with E-state index in [1.165, 1.54) is 0 Å². The molecule has 4 rings (SSSR count). The van der Waals surface area contributed by atoms with E-state index in [-0.39, 0.29) is 23.8 Å². The Balaban J connectivity index is 1.44. The van der Waals surface area contributed by atoms with Crippen molar-refractivity contribution >= 4 is 11.8 Å². The quantitative estimate of drug-likeness (QED) is 0.789. The van der Waals surface area contributed by atoms with Crippen molar-refractivity contribution in [2.24, 2.45) is 0 Å². The Bertz CT molecular complexity index is 717. The molecule has 2 saturated heterocycles. The zero-order valence-corrected chi connectivity index (χ0v) is 16.0. The minimum absolute atomic E-state index is 0.0936. The second kappa shape index (κ2) is 7.92. The van der Waals surface area contributed by atoms with Crippen LogP contribution in [0.3, 0.4) is 0 Å². The van der Waals surface area contributed by atoms with Crippen LogP contribution in [0, 0.1) is 0 Å². The molecule has 7 heteroatoms. The first-order valence-corrected chi connectivity index (χ1v) is 10.1. The monoisotopic (exact) mass is 372 g/mol. The van der Waals surface area contributed by atoms with Gasteiger partial charge >= 0.3 is 0 Å². The van der Waals surface area contributed by atoms with Gasteiger partial charge in [-0.05, 0) is 32.1 Å². The van der Waals surface area contributed by atoms with Crippen molar-refractivity contribution in [3.8, 4) is 0 Å². The lowest BCUT2D eigenvalue weighted by atomic mass is 9.95. The molecule has 146 valence electrons. The first kappa shape index (κ1) is 18.3. The van der Waals surface area contributed by atoms with E-state index in [4.69, 9.17) is 9.72 Å². The molecule has 0 aromatic carbocycles. The number of hydrogen-bond acceptors (Lipinski definition) is 5. The number of likely N-dealkylation sites (tertiary alicyclic amines) is 1. The normalized spacial score (nSPS) is 25.8. The van der Waals surface area contributed by atoms with Crippen molar-refractivity contribution in [3.63, 3.8) is 0 Å². The summed E-state index contributed by atoms with van der Waals surface area (Å²) in [5.41, 5.74) is 2.09. The highest BCUT2D eigenvalue weighted by molar-refractivity contribution is 5.81. The van der Waals surface area contributed by atoms with Gasteiger partial charge in [0.25, 0.3) is 5.91 Å². The maximum Gasteiger partial charge on any atom is 0.251 e. The van der Waals surface area contributed by atoms with Crippen LogP contribution in [-0.4, -0.2) is 63.9 Å². The maximum absolute atomic E-state index is 12.8. The molecule has 2 atom stereocenters. The highest BCUT2D eigenvalue weighted by Gasteiger charge is 2.32. The number of carbonyl (C=O) groups is 2. The molecule has 4 heterocycles. The van der Waals surface area contributed by atoms with Gasteiger partial charge in [-0.2, -0.15) is 0 Å². The topological polar surface area (TPSA) is 75.6 Å². The summed E-state index contributed by atoms with van der Waals surface area (Å²) in [5, 5.41) is 0. The molecule has 2 amide bonds. The average molecular weight is 372 g/mol. The molecule has 0 radical (unpaired) electrons. The Morgan fingerprint density at radius 1 is 1.15 bits per heavy atom. The van der Waals surface area contributed by atoms with E-state index >= 15 is 0 Å². The van der Waals surface area contributed by atoms with E-state index in [9.17, 15) is 9.59 Å². The number of nitrogens with zero attached hydrogens (tertiary/aromatic N) is 4. The largest absolute Gasteiger partial charge is 0.368 e. The Morgan fingerprint density at radius 2 is 2.04 bits per heavy atom. The molecule has 0 N–H and O–H groups in total. The van der Waals surface area contributed by atoms with Crippen LogP contribution < -0.4 is 0 Å². The zero-order valence-electron chi connectivity index (χ0n) is 16.0. The first-order chi connectivity index (χ1) is 13.1. The summed E-state index contributed by atoms with van der Waals surface area (Å²) in [6.07, 6.45) is 7.32. The van der Waals surface area contributed by atoms with Gasteiger partial charge in [-0.1, -0.05) is 0 Å². The van der Waals surface area contributed by atoms with Crippen molar-refractivity contribution in [3.05, 3.63) is 23.3 Å². The SMILES string of the molecule is CC(=O)N1CCc2nc(C3CCCN(C(=O)C4CCCCO4)C3)ncc2C1. The van der Waals surface area contributed by atoms with Gasteiger partial charge in [0.05, 0.1) is 5.69 Å². The number of ether oxygens (including phenoxy) is 1. The number of amides is 2. The highest BCUT2D eigenvalue weighted by atomic mass is 16.5. The van der Waals surface area contributed by atoms with Crippen molar-refractivity contribution < 1.29 is 14.3 Å². The minimum Gasteiger partial charge on any atom is -0.368 e. The third-order valence-electron chi connectivity index (χ3n) is 5.95. The molecule has 27 heavy (non-hydrogen) atoms. The minimum atomic E-state index is -0.264. The van der Waals surface area contributed by atoms with E-state index in [1.807, 2.05) is 16.0 Å². The average Bonchev–Trinajstić information content (AvgIpc) is 2.73. The van der Waals surface area contributed by atoms with E-state index in [0.717, 1.165) is 62.2 Å². The fourth-order valence-corrected chi connectivity index (χ4v) is 4.32. The summed E-state index contributed by atoms with van der Waals surface area (Å²) in [7, 11) is 0. The molecule has 1 aromatic rings. The standard InChI is InChI=1S/C20H28N4O3/c1-14(25)23-9-7-17-16(13-23)11-21-19(22-17)15-5-4-8-24(12-15)20(26)18-6-2-3-10-27-18/h11,15,18H,2-10,12-13H2,1H3. The molecule has 7 nitrogen and oxygen atoms in total. The molecule has 0 bridgehead atoms. The molecule has 0 aliphatic carbocycles. The number of fused-ring (bicyclic) bond motifs is 1. The zero-order chi connectivity index (χ0) is 18.8. The third kappa shape index (κ3) is 3.98. The molecule has 2 fully saturated rings. The maximum atomic E-state index is 12.8. The van der Waals surface area contributed by atoms with Gasteiger partial charge in [0, 0.05) is 63.8 Å². The lowest BCUT2D eigenvalue weighted by Crippen LogP contribution is -2.46. The molecule has 0 spiro atoms. The Labute approximate surface area is 160 Å². The van der Waals surface area contributed by atoms with E-state index in [0.29, 0.717) is 26.2 Å². The van der Waals surface area contributed by atoms with Gasteiger partial charge in [0.2, 0.25) is 5.91 Å². The molecular formula is C20H28N4O3. The van der Waals surface area contributed by atoms with Crippen LogP contribution >= 0.6 is 0 Å². The summed E-state index contributed by atoms with van der Waals surface area (Å²) >= 11 is 0. The van der Waals surface area contributed by atoms with Gasteiger partial charge < -0.3 is 14.5 Å². The van der Waals surface area contributed by atoms with Gasteiger partial charge in [0.15, 0.2) is 0 Å². The third-order valence-corrected chi connectivity index (χ3v) is 5.95. The van der Waals surface area contributed by atoms with Gasteiger partial charge in [0.1, 0.15) is 11.9 Å². The fourth-order valence-electron chi connectivity index (χ4n) is 4.32. The summed E-state index contributed by atoms with van der Waals surface area (Å²) in [6, 6.07) is 0. The van der Waals surface area contributed by atoms with Crippen LogP contribution in [0.1, 0.15) is 62.0 Å². The van der Waals surface area contributed by atoms with Crippen molar-refractivity contribution in [2.45, 2.75) is 64.0 Å². The fraction of sp³-hybridized carbons (Fsp3) is 0.700. The van der Waals surface area contributed by atoms with Gasteiger partial charge in [-0.25, -0.2) is 9.97 Å². The van der Waals surface area contributed by atoms with Gasteiger partial charge in [-0.15, -0.1) is 0 Å². The van der Waals surface area contributed by atoms with Crippen LogP contribution in [0.25, 0.3) is 0 Å². The van der Waals surface area contributed by atoms with Gasteiger partial charge in [-0.3, -0.25) is 9.59 Å². The van der Waals surface area contributed by atoms with Crippen LogP contribution in [0.2, 0.25) is 0 Å². The predicted molar refractivity (Wildman–Crippen MR) is 99.0 cm³/mol. The summed E-state index contributed by atoms with van der Waals surface area (Å²) in [6.45, 7) is 5.08. The molecule has 2 unspecified atom stereocenters.